The third kappa shape index (κ3) is 4.72. The number of hydrogen-bond acceptors (Lipinski definition) is 8. The molecule has 0 saturated heterocycles. The molecule has 2 saturated carbocycles. The molecule has 2 aliphatic carbocycles. The summed E-state index contributed by atoms with van der Waals surface area (Å²) in [5.41, 5.74) is 5.60. The lowest BCUT2D eigenvalue weighted by Crippen LogP contribution is -2.38. The molecule has 10 nitrogen and oxygen atoms in total. The van der Waals surface area contributed by atoms with E-state index in [1.165, 1.54) is 4.31 Å². The molecule has 1 aromatic carbocycles. The third-order valence-corrected chi connectivity index (χ3v) is 11.6. The van der Waals surface area contributed by atoms with Crippen LogP contribution >= 0.6 is 0 Å². The van der Waals surface area contributed by atoms with Crippen LogP contribution in [0.15, 0.2) is 41.6 Å². The van der Waals surface area contributed by atoms with Crippen LogP contribution < -0.4 is 4.74 Å². The van der Waals surface area contributed by atoms with E-state index in [0.717, 1.165) is 70.2 Å². The van der Waals surface area contributed by atoms with Crippen molar-refractivity contribution in [2.24, 2.45) is 5.41 Å². The average Bonchev–Trinajstić information content (AvgIpc) is 3.91. The topological polar surface area (TPSA) is 120 Å². The summed E-state index contributed by atoms with van der Waals surface area (Å²) in [4.78, 5) is 22.4. The number of benzene rings is 1. The van der Waals surface area contributed by atoms with E-state index in [1.807, 2.05) is 51.6 Å². The summed E-state index contributed by atoms with van der Waals surface area (Å²) in [6.45, 7) is 11.7. The number of hydrogen-bond donors (Lipinski definition) is 0. The molecule has 44 heavy (non-hydrogen) atoms. The molecule has 0 bridgehead atoms. The van der Waals surface area contributed by atoms with Gasteiger partial charge in [0.05, 0.1) is 18.1 Å². The number of ketones is 1. The first-order chi connectivity index (χ1) is 20.8. The zero-order valence-electron chi connectivity index (χ0n) is 26.1. The molecule has 0 N–H and O–H groups in total. The van der Waals surface area contributed by atoms with E-state index < -0.39 is 21.0 Å². The van der Waals surface area contributed by atoms with Crippen LogP contribution in [-0.2, 0) is 21.4 Å². The van der Waals surface area contributed by atoms with Gasteiger partial charge in [0, 0.05) is 36.0 Å². The summed E-state index contributed by atoms with van der Waals surface area (Å²) in [5.74, 6) is -0.117. The second-order valence-corrected chi connectivity index (χ2v) is 15.4. The van der Waals surface area contributed by atoms with Gasteiger partial charge in [0.15, 0.2) is 0 Å². The Bertz CT molecular complexity index is 1940. The van der Waals surface area contributed by atoms with Crippen LogP contribution in [0.1, 0.15) is 91.9 Å². The molecule has 4 heterocycles. The van der Waals surface area contributed by atoms with Gasteiger partial charge in [0.2, 0.25) is 15.9 Å². The van der Waals surface area contributed by atoms with Crippen molar-refractivity contribution in [3.63, 3.8) is 0 Å². The Labute approximate surface area is 257 Å². The summed E-state index contributed by atoms with van der Waals surface area (Å²) in [7, 11) is -3.90. The number of Topliss-reactive ketones (excluding diaryl/α,β-unsaturated/α-hetero) is 1. The predicted octanol–water partition coefficient (Wildman–Crippen LogP) is 5.34. The molecule has 2 fully saturated rings. The van der Waals surface area contributed by atoms with E-state index in [2.05, 4.69) is 27.4 Å². The number of aromatic nitrogens is 5. The van der Waals surface area contributed by atoms with Gasteiger partial charge in [-0.15, -0.1) is 5.10 Å². The Morgan fingerprint density at radius 3 is 2.55 bits per heavy atom. The SMILES string of the molecule is CC(=O)C(C)(C)[C@H](c1cnc(C)c(CN2CC3(CC3)Oc3ncc(C)cc3S2(=O)=O)c1)c1ccc2c(nnn2C2CC2)c1C. The van der Waals surface area contributed by atoms with Gasteiger partial charge in [-0.1, -0.05) is 31.2 Å². The van der Waals surface area contributed by atoms with Crippen molar-refractivity contribution in [3.05, 3.63) is 70.2 Å². The van der Waals surface area contributed by atoms with Crippen molar-refractivity contribution in [2.45, 2.75) is 96.2 Å². The van der Waals surface area contributed by atoms with Gasteiger partial charge in [-0.2, -0.15) is 4.31 Å². The van der Waals surface area contributed by atoms with Crippen molar-refractivity contribution >= 4 is 26.8 Å². The average molecular weight is 615 g/mol. The molecule has 3 aromatic heterocycles. The van der Waals surface area contributed by atoms with Crippen molar-refractivity contribution < 1.29 is 17.9 Å². The van der Waals surface area contributed by atoms with E-state index in [0.29, 0.717) is 6.04 Å². The third-order valence-electron chi connectivity index (χ3n) is 9.82. The van der Waals surface area contributed by atoms with E-state index in [-0.39, 0.29) is 35.6 Å². The van der Waals surface area contributed by atoms with Gasteiger partial charge >= 0.3 is 0 Å². The summed E-state index contributed by atoms with van der Waals surface area (Å²) >= 11 is 0. The quantitative estimate of drug-likeness (QED) is 0.274. The number of ether oxygens (including phenoxy) is 1. The highest BCUT2D eigenvalue weighted by atomic mass is 32.2. The fourth-order valence-corrected chi connectivity index (χ4v) is 8.11. The van der Waals surface area contributed by atoms with Crippen molar-refractivity contribution in [1.82, 2.24) is 29.3 Å². The highest BCUT2D eigenvalue weighted by Crippen LogP contribution is 2.47. The molecule has 4 aromatic rings. The zero-order valence-corrected chi connectivity index (χ0v) is 26.9. The highest BCUT2D eigenvalue weighted by Gasteiger charge is 2.52. The van der Waals surface area contributed by atoms with Crippen LogP contribution in [0.3, 0.4) is 0 Å². The molecular formula is C33H38N6O4S. The minimum Gasteiger partial charge on any atom is -0.469 e. The summed E-state index contributed by atoms with van der Waals surface area (Å²) < 4.78 is 37.8. The predicted molar refractivity (Wildman–Crippen MR) is 165 cm³/mol. The lowest BCUT2D eigenvalue weighted by Gasteiger charge is -2.34. The fourth-order valence-electron chi connectivity index (χ4n) is 6.46. The van der Waals surface area contributed by atoms with Gasteiger partial charge < -0.3 is 4.74 Å². The number of carbonyl (C=O) groups excluding carboxylic acids is 1. The minimum absolute atomic E-state index is 0.0492. The second-order valence-electron chi connectivity index (χ2n) is 13.5. The molecule has 1 aliphatic heterocycles. The second kappa shape index (κ2) is 9.90. The van der Waals surface area contributed by atoms with Gasteiger partial charge in [-0.05, 0) is 93.3 Å². The summed E-state index contributed by atoms with van der Waals surface area (Å²) in [6.07, 6.45) is 7.22. The maximum Gasteiger partial charge on any atom is 0.248 e. The number of aryl methyl sites for hydroxylation is 3. The van der Waals surface area contributed by atoms with E-state index in [1.54, 1.807) is 19.2 Å². The van der Waals surface area contributed by atoms with Gasteiger partial charge in [0.1, 0.15) is 21.8 Å². The Morgan fingerprint density at radius 2 is 1.86 bits per heavy atom. The molecule has 7 rings (SSSR count). The molecule has 1 spiro atoms. The van der Waals surface area contributed by atoms with Crippen LogP contribution in [0.4, 0.5) is 0 Å². The van der Waals surface area contributed by atoms with Crippen molar-refractivity contribution in [3.8, 4) is 5.88 Å². The maximum atomic E-state index is 14.0. The Kier molecular flexibility index (Phi) is 6.53. The van der Waals surface area contributed by atoms with Crippen molar-refractivity contribution in [1.29, 1.82) is 0 Å². The van der Waals surface area contributed by atoms with Crippen LogP contribution in [0.25, 0.3) is 11.0 Å². The maximum absolute atomic E-state index is 14.0. The van der Waals surface area contributed by atoms with Crippen molar-refractivity contribution in [2.75, 3.05) is 6.54 Å². The molecule has 3 aliphatic rings. The van der Waals surface area contributed by atoms with Gasteiger partial charge in [0.25, 0.3) is 0 Å². The largest absolute Gasteiger partial charge is 0.469 e. The Morgan fingerprint density at radius 1 is 1.11 bits per heavy atom. The molecule has 11 heteroatoms. The zero-order chi connectivity index (χ0) is 31.2. The first-order valence-corrected chi connectivity index (χ1v) is 16.7. The fraction of sp³-hybridized carbons (Fsp3) is 0.485. The van der Waals surface area contributed by atoms with E-state index in [9.17, 15) is 13.2 Å². The summed E-state index contributed by atoms with van der Waals surface area (Å²) in [6, 6.07) is 8.22. The van der Waals surface area contributed by atoms with Gasteiger partial charge in [-0.3, -0.25) is 9.78 Å². The lowest BCUT2D eigenvalue weighted by atomic mass is 9.68. The van der Waals surface area contributed by atoms with Crippen LogP contribution in [-0.4, -0.2) is 55.6 Å². The molecule has 230 valence electrons. The molecule has 0 amide bonds. The number of nitrogens with zero attached hydrogens (tertiary/aromatic N) is 6. The van der Waals surface area contributed by atoms with Crippen LogP contribution in [0.5, 0.6) is 5.88 Å². The normalized spacial score (nSPS) is 19.8. The van der Waals surface area contributed by atoms with Gasteiger partial charge in [-0.25, -0.2) is 18.1 Å². The van der Waals surface area contributed by atoms with E-state index in [4.69, 9.17) is 9.72 Å². The number of pyridine rings is 2. The number of carbonyl (C=O) groups is 1. The molecule has 1 atom stereocenters. The van der Waals surface area contributed by atoms with Crippen LogP contribution in [0.2, 0.25) is 0 Å². The smallest absolute Gasteiger partial charge is 0.248 e. The highest BCUT2D eigenvalue weighted by molar-refractivity contribution is 7.89. The number of fused-ring (bicyclic) bond motifs is 2. The minimum atomic E-state index is -3.90. The first-order valence-electron chi connectivity index (χ1n) is 15.3. The monoisotopic (exact) mass is 614 g/mol. The molecular weight excluding hydrogens is 576 g/mol. The Hall–Kier alpha value is -3.70. The first kappa shape index (κ1) is 29.0. The van der Waals surface area contributed by atoms with Crippen LogP contribution in [0, 0.1) is 26.2 Å². The molecule has 0 unspecified atom stereocenters. The standard InChI is InChI=1S/C33H38N6O4S/c1-19-13-28-31(35-15-19)43-33(11-12-33)18-38(44(28,41)42)17-24-14-23(16-34-21(24)3)29(32(5,6)22(4)40)26-9-10-27-30(20(26)2)36-37-39(27)25-7-8-25/h9-10,13-16,25,29H,7-8,11-12,17-18H2,1-6H3/t29-/m1/s1. The number of rotatable bonds is 7. The van der Waals surface area contributed by atoms with E-state index >= 15 is 0 Å². The molecule has 0 radical (unpaired) electrons. The lowest BCUT2D eigenvalue weighted by molar-refractivity contribution is -0.125. The number of sulfonamides is 1. The Balaban J connectivity index is 1.32. The summed E-state index contributed by atoms with van der Waals surface area (Å²) in [5, 5.41) is 8.99.